The van der Waals surface area contributed by atoms with E-state index in [9.17, 15) is 0 Å². The summed E-state index contributed by atoms with van der Waals surface area (Å²) in [4.78, 5) is 4.52. The Labute approximate surface area is 117 Å². The molecule has 4 nitrogen and oxygen atoms in total. The third-order valence-corrected chi connectivity index (χ3v) is 2.90. The van der Waals surface area contributed by atoms with Crippen molar-refractivity contribution in [3.8, 4) is 0 Å². The van der Waals surface area contributed by atoms with Crippen molar-refractivity contribution in [3.63, 3.8) is 0 Å². The number of rotatable bonds is 10. The average Bonchev–Trinajstić information content (AvgIpc) is 2.71. The summed E-state index contributed by atoms with van der Waals surface area (Å²) in [7, 11) is 0. The Hall–Kier alpha value is -1.03. The van der Waals surface area contributed by atoms with Crippen molar-refractivity contribution < 1.29 is 4.74 Å². The van der Waals surface area contributed by atoms with Crippen molar-refractivity contribution in [2.24, 2.45) is 5.92 Å². The number of hydrogen-bond acceptors (Lipinski definition) is 3. The first kappa shape index (κ1) is 16.0. The quantitative estimate of drug-likeness (QED) is 0.660. The molecule has 0 aliphatic carbocycles. The number of nitrogens with zero attached hydrogens (tertiary/aromatic N) is 2. The zero-order chi connectivity index (χ0) is 14.1. The number of nitrogens with one attached hydrogen (secondary N) is 1. The Kier molecular flexibility index (Phi) is 7.56. The van der Waals surface area contributed by atoms with E-state index in [1.165, 1.54) is 6.42 Å². The van der Waals surface area contributed by atoms with Crippen LogP contribution in [0.25, 0.3) is 0 Å². The molecule has 0 saturated carbocycles. The monoisotopic (exact) mass is 267 g/mol. The van der Waals surface area contributed by atoms with E-state index in [1.54, 1.807) is 0 Å². The van der Waals surface area contributed by atoms with Crippen LogP contribution in [-0.2, 0) is 11.3 Å². The molecule has 0 aromatic carbocycles. The molecule has 0 fully saturated rings. The minimum absolute atomic E-state index is 0.628. The van der Waals surface area contributed by atoms with Crippen LogP contribution in [0.1, 0.15) is 45.7 Å². The summed E-state index contributed by atoms with van der Waals surface area (Å²) in [5.41, 5.74) is 1.07. The normalized spacial score (nSPS) is 11.2. The van der Waals surface area contributed by atoms with E-state index in [-0.39, 0.29) is 0 Å². The number of unbranched alkanes of at least 4 members (excludes halogenated alkanes) is 1. The highest BCUT2D eigenvalue weighted by molar-refractivity contribution is 5.28. The van der Waals surface area contributed by atoms with Crippen LogP contribution < -0.4 is 5.32 Å². The highest BCUT2D eigenvalue weighted by atomic mass is 16.5. The maximum atomic E-state index is 5.59. The maximum absolute atomic E-state index is 5.59. The summed E-state index contributed by atoms with van der Waals surface area (Å²) >= 11 is 0. The van der Waals surface area contributed by atoms with Gasteiger partial charge < -0.3 is 14.6 Å². The van der Waals surface area contributed by atoms with E-state index in [0.29, 0.717) is 5.92 Å². The van der Waals surface area contributed by atoms with Gasteiger partial charge >= 0.3 is 0 Å². The second-order valence-corrected chi connectivity index (χ2v) is 5.49. The third kappa shape index (κ3) is 6.62. The molecule has 0 amide bonds. The fourth-order valence-electron chi connectivity index (χ4n) is 1.84. The summed E-state index contributed by atoms with van der Waals surface area (Å²) in [5.74, 6) is 1.61. The van der Waals surface area contributed by atoms with Gasteiger partial charge in [-0.05, 0) is 25.7 Å². The van der Waals surface area contributed by atoms with Crippen molar-refractivity contribution >= 4 is 5.95 Å². The van der Waals surface area contributed by atoms with E-state index in [4.69, 9.17) is 4.74 Å². The van der Waals surface area contributed by atoms with Gasteiger partial charge in [-0.25, -0.2) is 4.98 Å². The van der Waals surface area contributed by atoms with Crippen LogP contribution in [-0.4, -0.2) is 29.3 Å². The molecule has 0 aliphatic rings. The maximum Gasteiger partial charge on any atom is 0.203 e. The van der Waals surface area contributed by atoms with Gasteiger partial charge in [-0.1, -0.05) is 27.2 Å². The molecular formula is C15H29N3O. The molecule has 19 heavy (non-hydrogen) atoms. The zero-order valence-corrected chi connectivity index (χ0v) is 12.9. The molecule has 1 aromatic rings. The molecule has 4 heteroatoms. The average molecular weight is 267 g/mol. The van der Waals surface area contributed by atoms with Gasteiger partial charge in [0, 0.05) is 32.5 Å². The molecule has 0 unspecified atom stereocenters. The van der Waals surface area contributed by atoms with Crippen LogP contribution in [0, 0.1) is 12.8 Å². The fourth-order valence-corrected chi connectivity index (χ4v) is 1.84. The second kappa shape index (κ2) is 8.97. The first-order valence-electron chi connectivity index (χ1n) is 7.48. The summed E-state index contributed by atoms with van der Waals surface area (Å²) < 4.78 is 7.78. The van der Waals surface area contributed by atoms with Crippen LogP contribution in [0.15, 0.2) is 6.20 Å². The van der Waals surface area contributed by atoms with E-state index in [0.717, 1.165) is 50.8 Å². The van der Waals surface area contributed by atoms with Gasteiger partial charge in [0.2, 0.25) is 5.95 Å². The largest absolute Gasteiger partial charge is 0.381 e. The first-order chi connectivity index (χ1) is 9.13. The molecule has 1 heterocycles. The lowest BCUT2D eigenvalue weighted by atomic mass is 10.2. The van der Waals surface area contributed by atoms with Gasteiger partial charge in [0.25, 0.3) is 0 Å². The van der Waals surface area contributed by atoms with Crippen LogP contribution >= 0.6 is 0 Å². The van der Waals surface area contributed by atoms with Crippen molar-refractivity contribution in [2.45, 2.75) is 53.5 Å². The molecular weight excluding hydrogens is 238 g/mol. The van der Waals surface area contributed by atoms with E-state index < -0.39 is 0 Å². The molecule has 1 N–H and O–H groups in total. The lowest BCUT2D eigenvalue weighted by molar-refractivity contribution is 0.126. The predicted molar refractivity (Wildman–Crippen MR) is 80.6 cm³/mol. The van der Waals surface area contributed by atoms with Crippen molar-refractivity contribution in [1.29, 1.82) is 0 Å². The molecule has 0 saturated heterocycles. The highest BCUT2D eigenvalue weighted by Crippen LogP contribution is 2.10. The molecule has 1 rings (SSSR count). The molecule has 0 atom stereocenters. The van der Waals surface area contributed by atoms with Crippen molar-refractivity contribution in [2.75, 3.05) is 25.1 Å². The van der Waals surface area contributed by atoms with E-state index in [1.807, 2.05) is 6.92 Å². The molecule has 0 bridgehead atoms. The topological polar surface area (TPSA) is 39.1 Å². The highest BCUT2D eigenvalue weighted by Gasteiger charge is 2.05. The summed E-state index contributed by atoms with van der Waals surface area (Å²) in [6.45, 7) is 12.3. The van der Waals surface area contributed by atoms with E-state index in [2.05, 4.69) is 41.8 Å². The second-order valence-electron chi connectivity index (χ2n) is 5.49. The molecule has 0 spiro atoms. The number of hydrogen-bond donors (Lipinski definition) is 1. The minimum Gasteiger partial charge on any atom is -0.381 e. The summed E-state index contributed by atoms with van der Waals surface area (Å²) in [5, 5.41) is 3.41. The zero-order valence-electron chi connectivity index (χ0n) is 12.9. The minimum atomic E-state index is 0.628. The molecule has 1 aromatic heterocycles. The summed E-state index contributed by atoms with van der Waals surface area (Å²) in [6, 6.07) is 0. The number of aromatic nitrogens is 2. The van der Waals surface area contributed by atoms with E-state index >= 15 is 0 Å². The summed E-state index contributed by atoms with van der Waals surface area (Å²) in [6.07, 6.45) is 5.50. The molecule has 0 aliphatic heterocycles. The lowest BCUT2D eigenvalue weighted by Crippen LogP contribution is -2.13. The lowest BCUT2D eigenvalue weighted by Gasteiger charge is -2.11. The van der Waals surface area contributed by atoms with Crippen LogP contribution in [0.2, 0.25) is 0 Å². The fraction of sp³-hybridized carbons (Fsp3) is 0.800. The van der Waals surface area contributed by atoms with Gasteiger partial charge in [-0.2, -0.15) is 0 Å². The van der Waals surface area contributed by atoms with Gasteiger partial charge in [-0.15, -0.1) is 0 Å². The van der Waals surface area contributed by atoms with Crippen molar-refractivity contribution in [3.05, 3.63) is 11.9 Å². The SMILES string of the molecule is CCCCOCCCn1cc(C)nc1NCC(C)C. The number of anilines is 1. The third-order valence-electron chi connectivity index (χ3n) is 2.90. The van der Waals surface area contributed by atoms with Crippen LogP contribution in [0.3, 0.4) is 0 Å². The van der Waals surface area contributed by atoms with Gasteiger partial charge in [0.1, 0.15) is 0 Å². The number of aryl methyl sites for hydroxylation is 2. The Bertz CT molecular complexity index is 347. The Morgan fingerprint density at radius 2 is 2.05 bits per heavy atom. The number of imidazole rings is 1. The Morgan fingerprint density at radius 3 is 2.74 bits per heavy atom. The van der Waals surface area contributed by atoms with Crippen LogP contribution in [0.4, 0.5) is 5.95 Å². The van der Waals surface area contributed by atoms with Gasteiger partial charge in [0.05, 0.1) is 5.69 Å². The molecule has 110 valence electrons. The Balaban J connectivity index is 2.31. The number of ether oxygens (including phenoxy) is 1. The predicted octanol–water partition coefficient (Wildman–Crippen LogP) is 3.47. The first-order valence-corrected chi connectivity index (χ1v) is 7.48. The van der Waals surface area contributed by atoms with Crippen molar-refractivity contribution in [1.82, 2.24) is 9.55 Å². The van der Waals surface area contributed by atoms with Gasteiger partial charge in [-0.3, -0.25) is 0 Å². The molecule has 0 radical (unpaired) electrons. The van der Waals surface area contributed by atoms with Crippen LogP contribution in [0.5, 0.6) is 0 Å². The van der Waals surface area contributed by atoms with Gasteiger partial charge in [0.15, 0.2) is 0 Å². The Morgan fingerprint density at radius 1 is 1.32 bits per heavy atom. The standard InChI is InChI=1S/C15H29N3O/c1-5-6-9-19-10-7-8-18-12-14(4)17-15(18)16-11-13(2)3/h12-13H,5-11H2,1-4H3,(H,16,17). The smallest absolute Gasteiger partial charge is 0.203 e.